The van der Waals surface area contributed by atoms with E-state index in [-0.39, 0.29) is 0 Å². The van der Waals surface area contributed by atoms with Gasteiger partial charge in [0.1, 0.15) is 0 Å². The SMILES string of the molecule is Cc1ccc(-c2nc(C3CCCNC3)sc2C)cc1C. The van der Waals surface area contributed by atoms with E-state index >= 15 is 0 Å². The second kappa shape index (κ2) is 5.66. The number of benzene rings is 1. The van der Waals surface area contributed by atoms with Crippen LogP contribution in [0.1, 0.15) is 39.8 Å². The molecule has 1 saturated heterocycles. The third-order valence-electron chi connectivity index (χ3n) is 4.24. The standard InChI is InChI=1S/C17H22N2S/c1-11-6-7-14(9-12(11)2)16-13(3)20-17(19-16)15-5-4-8-18-10-15/h6-7,9,15,18H,4-5,8,10H2,1-3H3. The summed E-state index contributed by atoms with van der Waals surface area (Å²) < 4.78 is 0. The van der Waals surface area contributed by atoms with Crippen LogP contribution < -0.4 is 5.32 Å². The second-order valence-electron chi connectivity index (χ2n) is 5.80. The summed E-state index contributed by atoms with van der Waals surface area (Å²) in [6.07, 6.45) is 2.54. The van der Waals surface area contributed by atoms with Gasteiger partial charge in [0.2, 0.25) is 0 Å². The Hall–Kier alpha value is -1.19. The smallest absolute Gasteiger partial charge is 0.0978 e. The van der Waals surface area contributed by atoms with Crippen molar-refractivity contribution in [3.05, 3.63) is 39.2 Å². The fourth-order valence-corrected chi connectivity index (χ4v) is 3.89. The van der Waals surface area contributed by atoms with E-state index in [0.717, 1.165) is 13.1 Å². The lowest BCUT2D eigenvalue weighted by Crippen LogP contribution is -2.28. The van der Waals surface area contributed by atoms with Crippen LogP contribution >= 0.6 is 11.3 Å². The minimum atomic E-state index is 0.604. The van der Waals surface area contributed by atoms with Crippen LogP contribution in [0.5, 0.6) is 0 Å². The maximum absolute atomic E-state index is 4.95. The fourth-order valence-electron chi connectivity index (χ4n) is 2.81. The van der Waals surface area contributed by atoms with Crippen molar-refractivity contribution in [1.82, 2.24) is 10.3 Å². The van der Waals surface area contributed by atoms with E-state index in [4.69, 9.17) is 4.98 Å². The van der Waals surface area contributed by atoms with Gasteiger partial charge in [-0.1, -0.05) is 12.1 Å². The largest absolute Gasteiger partial charge is 0.316 e. The summed E-state index contributed by atoms with van der Waals surface area (Å²) in [6.45, 7) is 8.77. The molecule has 1 aliphatic heterocycles. The third kappa shape index (κ3) is 2.65. The number of aromatic nitrogens is 1. The topological polar surface area (TPSA) is 24.9 Å². The highest BCUT2D eigenvalue weighted by atomic mass is 32.1. The molecule has 106 valence electrons. The van der Waals surface area contributed by atoms with Crippen molar-refractivity contribution >= 4 is 11.3 Å². The molecule has 0 aliphatic carbocycles. The molecule has 2 aromatic rings. The molecule has 3 heteroatoms. The highest BCUT2D eigenvalue weighted by Crippen LogP contribution is 2.34. The number of nitrogens with one attached hydrogen (secondary N) is 1. The van der Waals surface area contributed by atoms with Gasteiger partial charge in [0, 0.05) is 22.9 Å². The van der Waals surface area contributed by atoms with Crippen LogP contribution in [-0.2, 0) is 0 Å². The van der Waals surface area contributed by atoms with Crippen LogP contribution in [-0.4, -0.2) is 18.1 Å². The summed E-state index contributed by atoms with van der Waals surface area (Å²) >= 11 is 1.87. The molecule has 3 rings (SSSR count). The van der Waals surface area contributed by atoms with Crippen LogP contribution in [0.25, 0.3) is 11.3 Å². The third-order valence-corrected chi connectivity index (χ3v) is 5.37. The molecule has 1 aromatic carbocycles. The average molecular weight is 286 g/mol. The highest BCUT2D eigenvalue weighted by Gasteiger charge is 2.20. The van der Waals surface area contributed by atoms with E-state index in [2.05, 4.69) is 44.3 Å². The minimum Gasteiger partial charge on any atom is -0.316 e. The average Bonchev–Trinajstić information content (AvgIpc) is 2.85. The van der Waals surface area contributed by atoms with Gasteiger partial charge < -0.3 is 5.32 Å². The lowest BCUT2D eigenvalue weighted by atomic mass is 10.0. The van der Waals surface area contributed by atoms with E-state index in [1.165, 1.54) is 45.1 Å². The van der Waals surface area contributed by atoms with Gasteiger partial charge in [-0.25, -0.2) is 4.98 Å². The molecule has 0 bridgehead atoms. The number of hydrogen-bond donors (Lipinski definition) is 1. The van der Waals surface area contributed by atoms with Crippen molar-refractivity contribution < 1.29 is 0 Å². The Labute approximate surface area is 125 Å². The molecule has 0 radical (unpaired) electrons. The molecule has 1 aliphatic rings. The molecule has 0 amide bonds. The Morgan fingerprint density at radius 2 is 2.05 bits per heavy atom. The summed E-state index contributed by atoms with van der Waals surface area (Å²) in [5.41, 5.74) is 5.13. The van der Waals surface area contributed by atoms with E-state index in [0.29, 0.717) is 5.92 Å². The van der Waals surface area contributed by atoms with Crippen molar-refractivity contribution in [2.24, 2.45) is 0 Å². The van der Waals surface area contributed by atoms with Crippen LogP contribution in [0.15, 0.2) is 18.2 Å². The van der Waals surface area contributed by atoms with Gasteiger partial charge in [0.25, 0.3) is 0 Å². The van der Waals surface area contributed by atoms with Crippen molar-refractivity contribution in [2.75, 3.05) is 13.1 Å². The molecule has 1 aromatic heterocycles. The maximum Gasteiger partial charge on any atom is 0.0978 e. The first-order chi connectivity index (χ1) is 9.65. The van der Waals surface area contributed by atoms with Crippen molar-refractivity contribution in [3.8, 4) is 11.3 Å². The Kier molecular flexibility index (Phi) is 3.90. The molecule has 1 unspecified atom stereocenters. The van der Waals surface area contributed by atoms with Gasteiger partial charge in [-0.05, 0) is 57.4 Å². The summed E-state index contributed by atoms with van der Waals surface area (Å²) in [4.78, 5) is 6.29. The molecule has 2 nitrogen and oxygen atoms in total. The summed E-state index contributed by atoms with van der Waals surface area (Å²) in [7, 11) is 0. The number of aryl methyl sites for hydroxylation is 3. The Morgan fingerprint density at radius 3 is 2.75 bits per heavy atom. The molecule has 0 spiro atoms. The molecular weight excluding hydrogens is 264 g/mol. The Bertz CT molecular complexity index is 609. The zero-order valence-corrected chi connectivity index (χ0v) is 13.3. The number of rotatable bonds is 2. The minimum absolute atomic E-state index is 0.604. The quantitative estimate of drug-likeness (QED) is 0.895. The highest BCUT2D eigenvalue weighted by molar-refractivity contribution is 7.12. The normalized spacial score (nSPS) is 19.2. The first-order valence-corrected chi connectivity index (χ1v) is 8.22. The van der Waals surface area contributed by atoms with E-state index in [9.17, 15) is 0 Å². The summed E-state index contributed by atoms with van der Waals surface area (Å²) in [5.74, 6) is 0.604. The number of nitrogens with zero attached hydrogens (tertiary/aromatic N) is 1. The maximum atomic E-state index is 4.95. The lowest BCUT2D eigenvalue weighted by molar-refractivity contribution is 0.460. The Balaban J connectivity index is 1.93. The van der Waals surface area contributed by atoms with Gasteiger partial charge in [-0.15, -0.1) is 11.3 Å². The molecule has 1 N–H and O–H groups in total. The lowest BCUT2D eigenvalue weighted by Gasteiger charge is -2.20. The molecule has 20 heavy (non-hydrogen) atoms. The zero-order chi connectivity index (χ0) is 14.1. The predicted molar refractivity (Wildman–Crippen MR) is 86.6 cm³/mol. The van der Waals surface area contributed by atoms with Crippen molar-refractivity contribution in [2.45, 2.75) is 39.5 Å². The number of piperidine rings is 1. The zero-order valence-electron chi connectivity index (χ0n) is 12.5. The molecular formula is C17H22N2S. The van der Waals surface area contributed by atoms with Gasteiger partial charge in [0.15, 0.2) is 0 Å². The first-order valence-electron chi connectivity index (χ1n) is 7.41. The predicted octanol–water partition coefficient (Wildman–Crippen LogP) is 4.20. The molecule has 2 heterocycles. The van der Waals surface area contributed by atoms with Crippen molar-refractivity contribution in [3.63, 3.8) is 0 Å². The second-order valence-corrected chi connectivity index (χ2v) is 7.03. The van der Waals surface area contributed by atoms with Crippen molar-refractivity contribution in [1.29, 1.82) is 0 Å². The van der Waals surface area contributed by atoms with Gasteiger partial charge in [-0.2, -0.15) is 0 Å². The van der Waals surface area contributed by atoms with Gasteiger partial charge in [-0.3, -0.25) is 0 Å². The molecule has 1 fully saturated rings. The molecule has 0 saturated carbocycles. The van der Waals surface area contributed by atoms with Gasteiger partial charge in [0.05, 0.1) is 10.7 Å². The van der Waals surface area contributed by atoms with Crippen LogP contribution in [0.3, 0.4) is 0 Å². The van der Waals surface area contributed by atoms with E-state index in [1.54, 1.807) is 0 Å². The van der Waals surface area contributed by atoms with Crippen LogP contribution in [0.2, 0.25) is 0 Å². The number of thiazole rings is 1. The van der Waals surface area contributed by atoms with Crippen LogP contribution in [0, 0.1) is 20.8 Å². The monoisotopic (exact) mass is 286 g/mol. The van der Waals surface area contributed by atoms with Gasteiger partial charge >= 0.3 is 0 Å². The molecule has 1 atom stereocenters. The summed E-state index contributed by atoms with van der Waals surface area (Å²) in [6, 6.07) is 6.67. The van der Waals surface area contributed by atoms with Crippen LogP contribution in [0.4, 0.5) is 0 Å². The summed E-state index contributed by atoms with van der Waals surface area (Å²) in [5, 5.41) is 4.79. The first kappa shape index (κ1) is 13.8. The van der Waals surface area contributed by atoms with E-state index in [1.807, 2.05) is 11.3 Å². The van der Waals surface area contributed by atoms with E-state index < -0.39 is 0 Å². The number of hydrogen-bond acceptors (Lipinski definition) is 3. The Morgan fingerprint density at radius 1 is 1.20 bits per heavy atom. The fraction of sp³-hybridized carbons (Fsp3) is 0.471.